The molecule has 1 aliphatic carbocycles. The first kappa shape index (κ1) is 15.8. The largest absolute Gasteiger partial charge is 0.279 e. The third-order valence-corrected chi connectivity index (χ3v) is 5.20. The van der Waals surface area contributed by atoms with Crippen molar-refractivity contribution in [2.45, 2.75) is 19.8 Å². The Labute approximate surface area is 146 Å². The quantitative estimate of drug-likeness (QED) is 0.707. The van der Waals surface area contributed by atoms with E-state index in [2.05, 4.69) is 16.0 Å². The zero-order valence-corrected chi connectivity index (χ0v) is 14.2. The first-order valence-electron chi connectivity index (χ1n) is 7.88. The van der Waals surface area contributed by atoms with Crippen molar-refractivity contribution in [3.8, 4) is 5.69 Å². The Morgan fingerprint density at radius 1 is 1.24 bits per heavy atom. The summed E-state index contributed by atoms with van der Waals surface area (Å²) in [4.78, 5) is 25.2. The van der Waals surface area contributed by atoms with E-state index in [9.17, 15) is 14.0 Å². The minimum atomic E-state index is -0.361. The average molecular weight is 358 g/mol. The standard InChI is InChI=1S/C17H15FN4O2S/c1-9-13-8-14(16(24)20-19-15(23)10-2-3-10)25-17(13)22(21-9)12-6-4-11(18)5-7-12/h4-8,10H,2-3H2,1H3,(H,19,23)(H,20,24). The number of nitrogens with zero attached hydrogens (tertiary/aromatic N) is 2. The maximum absolute atomic E-state index is 13.1. The molecule has 0 saturated heterocycles. The fraction of sp³-hybridized carbons (Fsp3) is 0.235. The van der Waals surface area contributed by atoms with Gasteiger partial charge in [0.1, 0.15) is 10.6 Å². The fourth-order valence-corrected chi connectivity index (χ4v) is 3.62. The normalized spacial score (nSPS) is 13.8. The third-order valence-electron chi connectivity index (χ3n) is 4.09. The zero-order chi connectivity index (χ0) is 17.6. The number of hydrogen-bond donors (Lipinski definition) is 2. The molecule has 3 aromatic rings. The summed E-state index contributed by atoms with van der Waals surface area (Å²) in [6.45, 7) is 1.85. The number of hydrazine groups is 1. The molecule has 0 bridgehead atoms. The molecule has 1 saturated carbocycles. The average Bonchev–Trinajstić information content (AvgIpc) is 3.29. The van der Waals surface area contributed by atoms with E-state index < -0.39 is 0 Å². The number of aryl methyl sites for hydroxylation is 1. The van der Waals surface area contributed by atoms with E-state index in [1.165, 1.54) is 23.5 Å². The van der Waals surface area contributed by atoms with Gasteiger partial charge in [-0.15, -0.1) is 11.3 Å². The Balaban J connectivity index is 1.61. The molecule has 128 valence electrons. The number of carbonyl (C=O) groups excluding carboxylic acids is 2. The third kappa shape index (κ3) is 3.00. The number of rotatable bonds is 3. The van der Waals surface area contributed by atoms with Gasteiger partial charge in [0.15, 0.2) is 0 Å². The molecule has 0 atom stereocenters. The summed E-state index contributed by atoms with van der Waals surface area (Å²) >= 11 is 1.27. The van der Waals surface area contributed by atoms with Crippen molar-refractivity contribution in [3.63, 3.8) is 0 Å². The number of hydrogen-bond acceptors (Lipinski definition) is 4. The lowest BCUT2D eigenvalue weighted by Crippen LogP contribution is -2.42. The van der Waals surface area contributed by atoms with Crippen LogP contribution in [-0.4, -0.2) is 21.6 Å². The molecule has 8 heteroatoms. The second-order valence-corrected chi connectivity index (χ2v) is 7.05. The molecule has 1 aliphatic rings. The van der Waals surface area contributed by atoms with Crippen LogP contribution in [0.3, 0.4) is 0 Å². The lowest BCUT2D eigenvalue weighted by molar-refractivity contribution is -0.123. The van der Waals surface area contributed by atoms with Gasteiger partial charge in [-0.3, -0.25) is 20.4 Å². The summed E-state index contributed by atoms with van der Waals surface area (Å²) in [7, 11) is 0. The van der Waals surface area contributed by atoms with E-state index in [0.29, 0.717) is 4.88 Å². The monoisotopic (exact) mass is 358 g/mol. The van der Waals surface area contributed by atoms with Crippen molar-refractivity contribution in [3.05, 3.63) is 46.7 Å². The highest BCUT2D eigenvalue weighted by molar-refractivity contribution is 7.20. The van der Waals surface area contributed by atoms with Gasteiger partial charge in [0, 0.05) is 11.3 Å². The summed E-state index contributed by atoms with van der Waals surface area (Å²) < 4.78 is 14.8. The van der Waals surface area contributed by atoms with Gasteiger partial charge in [-0.05, 0) is 50.1 Å². The smallest absolute Gasteiger partial charge is 0.273 e. The van der Waals surface area contributed by atoms with Crippen LogP contribution in [0.2, 0.25) is 0 Å². The second-order valence-electron chi connectivity index (χ2n) is 6.02. The predicted octanol–water partition coefficient (Wildman–Crippen LogP) is 2.71. The summed E-state index contributed by atoms with van der Waals surface area (Å²) in [5.41, 5.74) is 6.39. The number of benzene rings is 1. The van der Waals surface area contributed by atoms with Gasteiger partial charge in [-0.1, -0.05) is 0 Å². The second kappa shape index (κ2) is 5.96. The van der Waals surface area contributed by atoms with Crippen LogP contribution in [0.5, 0.6) is 0 Å². The number of aromatic nitrogens is 2. The number of amides is 2. The summed E-state index contributed by atoms with van der Waals surface area (Å²) in [6.07, 6.45) is 1.74. The van der Waals surface area contributed by atoms with Crippen LogP contribution >= 0.6 is 11.3 Å². The van der Waals surface area contributed by atoms with Crippen molar-refractivity contribution in [2.24, 2.45) is 5.92 Å². The van der Waals surface area contributed by atoms with Gasteiger partial charge in [-0.25, -0.2) is 9.07 Å². The minimum Gasteiger partial charge on any atom is -0.273 e. The van der Waals surface area contributed by atoms with Gasteiger partial charge < -0.3 is 0 Å². The molecule has 2 aromatic heterocycles. The maximum Gasteiger partial charge on any atom is 0.279 e. The van der Waals surface area contributed by atoms with E-state index in [-0.39, 0.29) is 23.5 Å². The van der Waals surface area contributed by atoms with Crippen molar-refractivity contribution < 1.29 is 14.0 Å². The Bertz CT molecular complexity index is 973. The molecule has 2 amide bonds. The molecule has 6 nitrogen and oxygen atoms in total. The number of halogens is 1. The SMILES string of the molecule is Cc1nn(-c2ccc(F)cc2)c2sc(C(=O)NNC(=O)C3CC3)cc12. The zero-order valence-electron chi connectivity index (χ0n) is 13.4. The molecular formula is C17H15FN4O2S. The van der Waals surface area contributed by atoms with E-state index in [1.807, 2.05) is 6.92 Å². The molecule has 25 heavy (non-hydrogen) atoms. The predicted molar refractivity (Wildman–Crippen MR) is 92.0 cm³/mol. The molecular weight excluding hydrogens is 343 g/mol. The molecule has 1 aromatic carbocycles. The lowest BCUT2D eigenvalue weighted by atomic mass is 10.3. The number of carbonyl (C=O) groups is 2. The van der Waals surface area contributed by atoms with Gasteiger partial charge in [-0.2, -0.15) is 5.10 Å². The van der Waals surface area contributed by atoms with Crippen LogP contribution in [0.1, 0.15) is 28.2 Å². The highest BCUT2D eigenvalue weighted by atomic mass is 32.1. The van der Waals surface area contributed by atoms with Crippen LogP contribution < -0.4 is 10.9 Å². The summed E-state index contributed by atoms with van der Waals surface area (Å²) in [6, 6.07) is 7.76. The molecule has 0 aliphatic heterocycles. The van der Waals surface area contributed by atoms with Gasteiger partial charge in [0.25, 0.3) is 5.91 Å². The molecule has 0 radical (unpaired) electrons. The van der Waals surface area contributed by atoms with Gasteiger partial charge in [0.2, 0.25) is 5.91 Å². The van der Waals surface area contributed by atoms with E-state index in [1.54, 1.807) is 22.9 Å². The molecule has 0 unspecified atom stereocenters. The summed E-state index contributed by atoms with van der Waals surface area (Å²) in [5, 5.41) is 5.31. The van der Waals surface area contributed by atoms with Crippen LogP contribution in [0.4, 0.5) is 4.39 Å². The number of nitrogens with one attached hydrogen (secondary N) is 2. The van der Waals surface area contributed by atoms with Crippen LogP contribution in [0, 0.1) is 18.7 Å². The number of fused-ring (bicyclic) bond motifs is 1. The molecule has 1 fully saturated rings. The van der Waals surface area contributed by atoms with E-state index in [4.69, 9.17) is 0 Å². The highest BCUT2D eigenvalue weighted by Gasteiger charge is 2.30. The van der Waals surface area contributed by atoms with Crippen molar-refractivity contribution in [1.29, 1.82) is 0 Å². The topological polar surface area (TPSA) is 76.0 Å². The van der Waals surface area contributed by atoms with Crippen LogP contribution in [0.25, 0.3) is 15.9 Å². The molecule has 2 N–H and O–H groups in total. The minimum absolute atomic E-state index is 0.0250. The maximum atomic E-state index is 13.1. The first-order valence-corrected chi connectivity index (χ1v) is 8.70. The Hall–Kier alpha value is -2.74. The lowest BCUT2D eigenvalue weighted by Gasteiger charge is -2.05. The van der Waals surface area contributed by atoms with Gasteiger partial charge in [0.05, 0.1) is 16.3 Å². The Morgan fingerprint density at radius 2 is 1.96 bits per heavy atom. The van der Waals surface area contributed by atoms with Crippen molar-refractivity contribution in [2.75, 3.05) is 0 Å². The van der Waals surface area contributed by atoms with Crippen LogP contribution in [-0.2, 0) is 4.79 Å². The number of thiophene rings is 1. The van der Waals surface area contributed by atoms with Crippen molar-refractivity contribution >= 4 is 33.4 Å². The Morgan fingerprint density at radius 3 is 2.64 bits per heavy atom. The van der Waals surface area contributed by atoms with Gasteiger partial charge >= 0.3 is 0 Å². The van der Waals surface area contributed by atoms with E-state index >= 15 is 0 Å². The molecule has 4 rings (SSSR count). The molecule has 0 spiro atoms. The first-order chi connectivity index (χ1) is 12.0. The fourth-order valence-electron chi connectivity index (χ4n) is 2.54. The van der Waals surface area contributed by atoms with Crippen molar-refractivity contribution in [1.82, 2.24) is 20.6 Å². The van der Waals surface area contributed by atoms with E-state index in [0.717, 1.165) is 34.4 Å². The summed E-state index contributed by atoms with van der Waals surface area (Å²) in [5.74, 6) is -0.804. The molecule has 2 heterocycles. The Kier molecular flexibility index (Phi) is 3.76. The highest BCUT2D eigenvalue weighted by Crippen LogP contribution is 2.31. The van der Waals surface area contributed by atoms with Crippen LogP contribution in [0.15, 0.2) is 30.3 Å².